The van der Waals surface area contributed by atoms with Crippen LogP contribution in [0.3, 0.4) is 0 Å². The molecule has 11 nitrogen and oxygen atoms in total. The van der Waals surface area contributed by atoms with Crippen LogP contribution in [0.15, 0.2) is 72.2 Å². The zero-order valence-electron chi connectivity index (χ0n) is 35.8. The molecular weight excluding hydrogens is 747 g/mol. The lowest BCUT2D eigenvalue weighted by molar-refractivity contribution is -0.164. The van der Waals surface area contributed by atoms with Crippen molar-refractivity contribution in [2.75, 3.05) is 32.6 Å². The van der Waals surface area contributed by atoms with E-state index in [1.165, 1.54) is 0 Å². The molecule has 4 aliphatic rings. The highest BCUT2D eigenvalue weighted by Gasteiger charge is 2.53. The summed E-state index contributed by atoms with van der Waals surface area (Å²) in [5.74, 6) is -0.268. The molecule has 4 aliphatic heterocycles. The predicted octanol–water partition coefficient (Wildman–Crippen LogP) is 8.08. The fourth-order valence-corrected chi connectivity index (χ4v) is 10.5. The monoisotopic (exact) mass is 815 g/mol. The van der Waals surface area contributed by atoms with Crippen LogP contribution in [0.2, 0.25) is 0 Å². The van der Waals surface area contributed by atoms with E-state index in [1.807, 2.05) is 46.8 Å². The van der Waals surface area contributed by atoms with Crippen LogP contribution in [-0.2, 0) is 43.0 Å². The highest BCUT2D eigenvalue weighted by atomic mass is 32.2. The summed E-state index contributed by atoms with van der Waals surface area (Å²) >= 11 is 0. The van der Waals surface area contributed by atoms with Crippen molar-refractivity contribution in [3.05, 3.63) is 67.3 Å². The number of amides is 1. The van der Waals surface area contributed by atoms with Crippen LogP contribution in [0.25, 0.3) is 0 Å². The third-order valence-corrected chi connectivity index (χ3v) is 14.1. The maximum Gasteiger partial charge on any atom is 0.412 e. The maximum absolute atomic E-state index is 14.0. The van der Waals surface area contributed by atoms with E-state index < -0.39 is 51.5 Å². The second-order valence-electron chi connectivity index (χ2n) is 18.5. The van der Waals surface area contributed by atoms with Crippen molar-refractivity contribution in [3.63, 3.8) is 0 Å². The normalized spacial score (nSPS) is 32.9. The third kappa shape index (κ3) is 11.6. The van der Waals surface area contributed by atoms with Gasteiger partial charge in [0.05, 0.1) is 79.2 Å². The molecule has 4 fully saturated rings. The number of methoxy groups -OCH3 is 1. The van der Waals surface area contributed by atoms with Gasteiger partial charge in [-0.25, -0.2) is 13.2 Å². The standard InChI is InChI=1S/C45H69NO10S/c1-12-22-51-23-16-17-32-24-30(2)37(52-32)21-20-33-25-31(3)44(7,8)40(53-33)27-38-36(29-57(48,49)35-18-14-13-15-19-35)41(50-11)39(54-38)26-34-28-46(45(9,10)55-34)42(47)56-43(4,5)6/h12-19,31-34,36-41H,1-2,20-29H2,3-11H3/b17-16+/t31-,32?,33?,34?,36+,37+,38?,39?,40?,41-/m1/s1. The predicted molar refractivity (Wildman–Crippen MR) is 221 cm³/mol. The lowest BCUT2D eigenvalue weighted by Gasteiger charge is -2.48. The van der Waals surface area contributed by atoms with E-state index in [-0.39, 0.29) is 46.6 Å². The highest BCUT2D eigenvalue weighted by molar-refractivity contribution is 7.91. The average molecular weight is 816 g/mol. The van der Waals surface area contributed by atoms with E-state index in [2.05, 4.69) is 40.0 Å². The van der Waals surface area contributed by atoms with Crippen LogP contribution in [0.5, 0.6) is 0 Å². The van der Waals surface area contributed by atoms with Crippen molar-refractivity contribution in [1.29, 1.82) is 0 Å². The van der Waals surface area contributed by atoms with Gasteiger partial charge in [-0.1, -0.05) is 63.8 Å². The van der Waals surface area contributed by atoms with Gasteiger partial charge in [-0.2, -0.15) is 0 Å². The van der Waals surface area contributed by atoms with Gasteiger partial charge in [-0.15, -0.1) is 6.58 Å². The summed E-state index contributed by atoms with van der Waals surface area (Å²) in [4.78, 5) is 15.1. The maximum atomic E-state index is 14.0. The zero-order chi connectivity index (χ0) is 41.8. The molecule has 0 bridgehead atoms. The van der Waals surface area contributed by atoms with Gasteiger partial charge < -0.3 is 33.2 Å². The van der Waals surface area contributed by atoms with E-state index in [1.54, 1.807) is 42.4 Å². The number of carbonyl (C=O) groups is 1. The molecule has 4 saturated heterocycles. The Kier molecular flexibility index (Phi) is 15.0. The van der Waals surface area contributed by atoms with Crippen LogP contribution in [0.4, 0.5) is 4.79 Å². The van der Waals surface area contributed by atoms with Crippen molar-refractivity contribution in [3.8, 4) is 0 Å². The van der Waals surface area contributed by atoms with Crippen LogP contribution in [0, 0.1) is 17.3 Å². The summed E-state index contributed by atoms with van der Waals surface area (Å²) in [5.41, 5.74) is -0.660. The number of hydrogen-bond donors (Lipinski definition) is 0. The Bertz CT molecular complexity index is 1650. The average Bonchev–Trinajstić information content (AvgIpc) is 3.75. The molecule has 4 heterocycles. The van der Waals surface area contributed by atoms with Crippen LogP contribution in [0.1, 0.15) is 93.9 Å². The Hall–Kier alpha value is -2.58. The summed E-state index contributed by atoms with van der Waals surface area (Å²) in [6, 6.07) is 8.57. The number of carbonyl (C=O) groups excluding carboxylic acids is 1. The second-order valence-corrected chi connectivity index (χ2v) is 20.5. The van der Waals surface area contributed by atoms with Gasteiger partial charge >= 0.3 is 6.09 Å². The van der Waals surface area contributed by atoms with Crippen LogP contribution >= 0.6 is 0 Å². The highest BCUT2D eigenvalue weighted by Crippen LogP contribution is 2.47. The minimum Gasteiger partial charge on any atom is -0.444 e. The van der Waals surface area contributed by atoms with Crippen molar-refractivity contribution >= 4 is 15.9 Å². The molecule has 5 rings (SSSR count). The molecule has 0 saturated carbocycles. The summed E-state index contributed by atoms with van der Waals surface area (Å²) in [7, 11) is -2.08. The fourth-order valence-electron chi connectivity index (χ4n) is 8.87. The Morgan fingerprint density at radius 3 is 2.39 bits per heavy atom. The first-order valence-electron chi connectivity index (χ1n) is 20.7. The molecule has 12 heteroatoms. The van der Waals surface area contributed by atoms with Gasteiger partial charge in [0.2, 0.25) is 0 Å². The summed E-state index contributed by atoms with van der Waals surface area (Å²) in [5, 5.41) is 0. The number of benzene rings is 1. The lowest BCUT2D eigenvalue weighted by atomic mass is 9.68. The molecule has 10 atom stereocenters. The number of nitrogens with zero attached hydrogens (tertiary/aromatic N) is 1. The Labute approximate surface area is 342 Å². The Morgan fingerprint density at radius 1 is 1.00 bits per heavy atom. The summed E-state index contributed by atoms with van der Waals surface area (Å²) in [6.07, 6.45) is 7.50. The van der Waals surface area contributed by atoms with E-state index in [0.717, 1.165) is 31.3 Å². The first kappa shape index (κ1) is 45.5. The molecular formula is C45H69NO10S. The summed E-state index contributed by atoms with van der Waals surface area (Å²) in [6.45, 7) is 25.3. The SMILES string of the molecule is C=CCOC/C=C/C1CC(=C)[C@H](CCC2C[C@@H](C)C(C)(C)C(CC3OC(CC4CN(C(=O)OC(C)(C)C)C(C)(C)O4)[C@H](OC)[C@H]3CS(=O)(=O)c3ccccc3)O2)O1. The molecule has 1 aromatic carbocycles. The molecule has 0 spiro atoms. The van der Waals surface area contributed by atoms with Gasteiger partial charge in [0.25, 0.3) is 0 Å². The molecule has 0 radical (unpaired) electrons. The van der Waals surface area contributed by atoms with E-state index in [4.69, 9.17) is 33.2 Å². The van der Waals surface area contributed by atoms with Crippen molar-refractivity contribution < 1.29 is 46.4 Å². The van der Waals surface area contributed by atoms with Crippen LogP contribution in [-0.4, -0.2) is 112 Å². The van der Waals surface area contributed by atoms with Gasteiger partial charge in [0.1, 0.15) is 11.3 Å². The summed E-state index contributed by atoms with van der Waals surface area (Å²) < 4.78 is 72.0. The van der Waals surface area contributed by atoms with E-state index >= 15 is 0 Å². The van der Waals surface area contributed by atoms with E-state index in [0.29, 0.717) is 38.5 Å². The zero-order valence-corrected chi connectivity index (χ0v) is 36.6. The second kappa shape index (κ2) is 18.8. The van der Waals surface area contributed by atoms with E-state index in [9.17, 15) is 13.2 Å². The largest absolute Gasteiger partial charge is 0.444 e. The first-order chi connectivity index (χ1) is 26.7. The fraction of sp³-hybridized carbons (Fsp3) is 0.711. The van der Waals surface area contributed by atoms with Crippen LogP contribution < -0.4 is 0 Å². The van der Waals surface area contributed by atoms with Gasteiger partial charge in [0, 0.05) is 32.3 Å². The lowest BCUT2D eigenvalue weighted by Crippen LogP contribution is -2.48. The molecule has 0 aromatic heterocycles. The van der Waals surface area contributed by atoms with Gasteiger partial charge in [-0.3, -0.25) is 4.90 Å². The molecule has 6 unspecified atom stereocenters. The number of ether oxygens (including phenoxy) is 7. The van der Waals surface area contributed by atoms with Crippen molar-refractivity contribution in [1.82, 2.24) is 4.90 Å². The third-order valence-electron chi connectivity index (χ3n) is 12.3. The Morgan fingerprint density at radius 2 is 1.72 bits per heavy atom. The number of rotatable bonds is 16. The smallest absolute Gasteiger partial charge is 0.412 e. The number of sulfone groups is 1. The van der Waals surface area contributed by atoms with Gasteiger partial charge in [0.15, 0.2) is 9.84 Å². The Balaban J connectivity index is 1.31. The minimum absolute atomic E-state index is 0.00574. The number of hydrogen-bond acceptors (Lipinski definition) is 10. The quantitative estimate of drug-likeness (QED) is 0.120. The first-order valence-corrected chi connectivity index (χ1v) is 22.4. The molecule has 0 N–H and O–H groups in total. The molecule has 57 heavy (non-hydrogen) atoms. The molecule has 1 aromatic rings. The van der Waals surface area contributed by atoms with Gasteiger partial charge in [-0.05, 0) is 82.9 Å². The molecule has 0 aliphatic carbocycles. The molecule has 1 amide bonds. The van der Waals surface area contributed by atoms with Crippen molar-refractivity contribution in [2.24, 2.45) is 17.3 Å². The topological polar surface area (TPSA) is 119 Å². The minimum atomic E-state index is -3.69. The van der Waals surface area contributed by atoms with Crippen molar-refractivity contribution in [2.45, 2.75) is 159 Å². The molecule has 320 valence electrons.